The van der Waals surface area contributed by atoms with Crippen LogP contribution in [0.2, 0.25) is 0 Å². The molecule has 0 bridgehead atoms. The van der Waals surface area contributed by atoms with E-state index in [2.05, 4.69) is 31.2 Å². The maximum atomic E-state index is 11.8. The lowest BCUT2D eigenvalue weighted by atomic mass is 9.89. The van der Waals surface area contributed by atoms with E-state index in [1.54, 1.807) is 17.8 Å². The molecule has 0 aliphatic heterocycles. The number of carbonyl (C=O) groups is 1. The van der Waals surface area contributed by atoms with Crippen LogP contribution >= 0.6 is 0 Å². The van der Waals surface area contributed by atoms with Gasteiger partial charge in [0, 0.05) is 19.3 Å². The van der Waals surface area contributed by atoms with Crippen molar-refractivity contribution in [3.05, 3.63) is 17.5 Å². The topological polar surface area (TPSA) is 67.2 Å². The standard InChI is InChI=1S/C13H23N3O2/c1-9-6-11(15-16(9)5)12(18)14-8-10(17)7-13(2,3)4/h6,10,17H,7-8H2,1-5H3,(H,14,18). The second kappa shape index (κ2) is 5.52. The van der Waals surface area contributed by atoms with Crippen molar-refractivity contribution < 1.29 is 9.90 Å². The zero-order valence-corrected chi connectivity index (χ0v) is 11.8. The number of aliphatic hydroxyl groups excluding tert-OH is 1. The quantitative estimate of drug-likeness (QED) is 0.848. The number of rotatable bonds is 4. The zero-order chi connectivity index (χ0) is 13.9. The molecule has 0 aliphatic carbocycles. The van der Waals surface area contributed by atoms with Crippen molar-refractivity contribution in [2.75, 3.05) is 6.54 Å². The van der Waals surface area contributed by atoms with Crippen LogP contribution < -0.4 is 5.32 Å². The van der Waals surface area contributed by atoms with Gasteiger partial charge in [-0.25, -0.2) is 0 Å². The minimum atomic E-state index is -0.529. The van der Waals surface area contributed by atoms with Crippen LogP contribution in [0, 0.1) is 12.3 Å². The van der Waals surface area contributed by atoms with Gasteiger partial charge in [0.1, 0.15) is 5.69 Å². The smallest absolute Gasteiger partial charge is 0.271 e. The Hall–Kier alpha value is -1.36. The van der Waals surface area contributed by atoms with Crippen molar-refractivity contribution in [2.45, 2.75) is 40.2 Å². The van der Waals surface area contributed by atoms with Gasteiger partial charge in [-0.15, -0.1) is 0 Å². The molecule has 18 heavy (non-hydrogen) atoms. The number of carbonyl (C=O) groups excluding carboxylic acids is 1. The van der Waals surface area contributed by atoms with E-state index in [0.29, 0.717) is 12.1 Å². The maximum Gasteiger partial charge on any atom is 0.271 e. The van der Waals surface area contributed by atoms with Crippen molar-refractivity contribution in [1.82, 2.24) is 15.1 Å². The van der Waals surface area contributed by atoms with Gasteiger partial charge >= 0.3 is 0 Å². The molecule has 1 aromatic heterocycles. The first-order valence-electron chi connectivity index (χ1n) is 6.16. The molecule has 1 rings (SSSR count). The first-order valence-corrected chi connectivity index (χ1v) is 6.16. The summed E-state index contributed by atoms with van der Waals surface area (Å²) in [5, 5.41) is 16.6. The molecule has 0 saturated carbocycles. The summed E-state index contributed by atoms with van der Waals surface area (Å²) < 4.78 is 1.65. The van der Waals surface area contributed by atoms with Crippen molar-refractivity contribution in [3.8, 4) is 0 Å². The van der Waals surface area contributed by atoms with Crippen LogP contribution in [-0.2, 0) is 7.05 Å². The van der Waals surface area contributed by atoms with Gasteiger partial charge in [-0.05, 0) is 24.8 Å². The summed E-state index contributed by atoms with van der Waals surface area (Å²) in [6.07, 6.45) is 0.118. The number of hydrogen-bond acceptors (Lipinski definition) is 3. The third-order valence-corrected chi connectivity index (χ3v) is 2.69. The van der Waals surface area contributed by atoms with Gasteiger partial charge in [0.25, 0.3) is 5.91 Å². The van der Waals surface area contributed by atoms with E-state index in [0.717, 1.165) is 5.69 Å². The van der Waals surface area contributed by atoms with Gasteiger partial charge in [0.05, 0.1) is 6.10 Å². The molecule has 5 nitrogen and oxygen atoms in total. The summed E-state index contributed by atoms with van der Waals surface area (Å²) in [4.78, 5) is 11.8. The lowest BCUT2D eigenvalue weighted by Crippen LogP contribution is -2.34. The summed E-state index contributed by atoms with van der Waals surface area (Å²) in [6, 6.07) is 1.73. The van der Waals surface area contributed by atoms with Crippen LogP contribution in [-0.4, -0.2) is 33.4 Å². The summed E-state index contributed by atoms with van der Waals surface area (Å²) in [5.74, 6) is -0.244. The minimum Gasteiger partial charge on any atom is -0.391 e. The second-order valence-corrected chi connectivity index (χ2v) is 5.92. The average molecular weight is 253 g/mol. The fourth-order valence-corrected chi connectivity index (χ4v) is 1.75. The molecule has 0 fully saturated rings. The Morgan fingerprint density at radius 1 is 1.56 bits per heavy atom. The van der Waals surface area contributed by atoms with E-state index in [1.807, 2.05) is 6.92 Å². The molecule has 102 valence electrons. The molecule has 0 aliphatic rings. The number of aromatic nitrogens is 2. The Morgan fingerprint density at radius 2 is 2.17 bits per heavy atom. The Morgan fingerprint density at radius 3 is 2.61 bits per heavy atom. The van der Waals surface area contributed by atoms with Gasteiger partial charge in [-0.1, -0.05) is 20.8 Å². The van der Waals surface area contributed by atoms with Crippen LogP contribution in [0.5, 0.6) is 0 Å². The normalized spacial score (nSPS) is 13.4. The maximum absolute atomic E-state index is 11.8. The largest absolute Gasteiger partial charge is 0.391 e. The molecule has 1 heterocycles. The van der Waals surface area contributed by atoms with Crippen molar-refractivity contribution >= 4 is 5.91 Å². The molecular formula is C13H23N3O2. The Bertz CT molecular complexity index is 399. The monoisotopic (exact) mass is 253 g/mol. The third-order valence-electron chi connectivity index (χ3n) is 2.69. The lowest BCUT2D eigenvalue weighted by Gasteiger charge is -2.22. The highest BCUT2D eigenvalue weighted by molar-refractivity contribution is 5.92. The fourth-order valence-electron chi connectivity index (χ4n) is 1.75. The first kappa shape index (κ1) is 14.7. The molecular weight excluding hydrogens is 230 g/mol. The van der Waals surface area contributed by atoms with Crippen molar-refractivity contribution in [1.29, 1.82) is 0 Å². The molecule has 0 aromatic carbocycles. The van der Waals surface area contributed by atoms with Crippen molar-refractivity contribution in [2.24, 2.45) is 12.5 Å². The molecule has 0 radical (unpaired) electrons. The molecule has 0 spiro atoms. The number of aliphatic hydroxyl groups is 1. The highest BCUT2D eigenvalue weighted by Gasteiger charge is 2.18. The van der Waals surface area contributed by atoms with Crippen LogP contribution in [0.4, 0.5) is 0 Å². The Balaban J connectivity index is 2.46. The summed E-state index contributed by atoms with van der Waals surface area (Å²) in [5.41, 5.74) is 1.36. The van der Waals surface area contributed by atoms with E-state index in [1.165, 1.54) is 0 Å². The van der Waals surface area contributed by atoms with Gasteiger partial charge in [0.2, 0.25) is 0 Å². The molecule has 1 unspecified atom stereocenters. The Kier molecular flexibility index (Phi) is 4.51. The molecule has 2 N–H and O–H groups in total. The van der Waals surface area contributed by atoms with Gasteiger partial charge in [0.15, 0.2) is 0 Å². The van der Waals surface area contributed by atoms with E-state index in [4.69, 9.17) is 0 Å². The van der Waals surface area contributed by atoms with Crippen LogP contribution in [0.1, 0.15) is 43.4 Å². The summed E-state index contributed by atoms with van der Waals surface area (Å²) >= 11 is 0. The molecule has 5 heteroatoms. The van der Waals surface area contributed by atoms with E-state index < -0.39 is 6.10 Å². The Labute approximate surface area is 108 Å². The van der Waals surface area contributed by atoms with Crippen molar-refractivity contribution in [3.63, 3.8) is 0 Å². The SMILES string of the molecule is Cc1cc(C(=O)NCC(O)CC(C)(C)C)nn1C. The van der Waals surface area contributed by atoms with Gasteiger partial charge in [-0.2, -0.15) is 5.10 Å². The highest BCUT2D eigenvalue weighted by Crippen LogP contribution is 2.20. The summed E-state index contributed by atoms with van der Waals surface area (Å²) in [6.45, 7) is 8.31. The number of hydrogen-bond donors (Lipinski definition) is 2. The highest BCUT2D eigenvalue weighted by atomic mass is 16.3. The number of aryl methyl sites for hydroxylation is 2. The predicted octanol–water partition coefficient (Wildman–Crippen LogP) is 1.26. The van der Waals surface area contributed by atoms with Gasteiger partial charge < -0.3 is 10.4 Å². The first-order chi connectivity index (χ1) is 8.19. The molecule has 1 aromatic rings. The second-order valence-electron chi connectivity index (χ2n) is 5.92. The third kappa shape index (κ3) is 4.49. The van der Waals surface area contributed by atoms with Crippen LogP contribution in [0.3, 0.4) is 0 Å². The fraction of sp³-hybridized carbons (Fsp3) is 0.692. The molecule has 0 saturated heterocycles. The number of amides is 1. The summed E-state index contributed by atoms with van der Waals surface area (Å²) in [7, 11) is 1.79. The zero-order valence-electron chi connectivity index (χ0n) is 11.8. The van der Waals surface area contributed by atoms with Crippen LogP contribution in [0.25, 0.3) is 0 Å². The number of nitrogens with one attached hydrogen (secondary N) is 1. The average Bonchev–Trinajstić information content (AvgIpc) is 2.53. The van der Waals surface area contributed by atoms with E-state index >= 15 is 0 Å². The van der Waals surface area contributed by atoms with Gasteiger partial charge in [-0.3, -0.25) is 9.48 Å². The molecule has 1 amide bonds. The van der Waals surface area contributed by atoms with Crippen LogP contribution in [0.15, 0.2) is 6.07 Å². The number of nitrogens with zero attached hydrogens (tertiary/aromatic N) is 2. The predicted molar refractivity (Wildman–Crippen MR) is 70.4 cm³/mol. The molecule has 1 atom stereocenters. The van der Waals surface area contributed by atoms with E-state index in [9.17, 15) is 9.90 Å². The van der Waals surface area contributed by atoms with E-state index in [-0.39, 0.29) is 17.9 Å². The minimum absolute atomic E-state index is 0.0474. The lowest BCUT2D eigenvalue weighted by molar-refractivity contribution is 0.0863.